The molecule has 0 heterocycles. The monoisotopic (exact) mass is 261 g/mol. The lowest BCUT2D eigenvalue weighted by Crippen LogP contribution is -2.36. The second-order valence-corrected chi connectivity index (χ2v) is 5.96. The van der Waals surface area contributed by atoms with Crippen molar-refractivity contribution in [2.45, 2.75) is 25.7 Å². The van der Waals surface area contributed by atoms with E-state index in [2.05, 4.69) is 5.32 Å². The number of amides is 1. The van der Waals surface area contributed by atoms with Gasteiger partial charge in [0.05, 0.1) is 11.8 Å². The van der Waals surface area contributed by atoms with Crippen molar-refractivity contribution in [3.05, 3.63) is 0 Å². The van der Waals surface area contributed by atoms with Crippen LogP contribution in [-0.2, 0) is 20.4 Å². The first-order valence-electron chi connectivity index (χ1n) is 5.83. The number of hydrogen-bond acceptors (Lipinski definition) is 3. The number of rotatable bonds is 6. The molecule has 1 aliphatic rings. The van der Waals surface area contributed by atoms with Crippen molar-refractivity contribution in [3.63, 3.8) is 0 Å². The summed E-state index contributed by atoms with van der Waals surface area (Å²) in [6.45, 7) is 0.473. The van der Waals surface area contributed by atoms with Gasteiger partial charge in [0.15, 0.2) is 0 Å². The number of carboxylic acids is 1. The third-order valence-electron chi connectivity index (χ3n) is 3.08. The second kappa shape index (κ2) is 6.74. The fourth-order valence-electron chi connectivity index (χ4n) is 2.19. The molecule has 3 atom stereocenters. The Labute approximate surface area is 103 Å². The van der Waals surface area contributed by atoms with Crippen LogP contribution in [-0.4, -0.2) is 39.7 Å². The maximum Gasteiger partial charge on any atom is 0.307 e. The highest BCUT2D eigenvalue weighted by molar-refractivity contribution is 7.84. The molecule has 1 saturated carbocycles. The van der Waals surface area contributed by atoms with E-state index in [9.17, 15) is 13.8 Å². The summed E-state index contributed by atoms with van der Waals surface area (Å²) in [5.41, 5.74) is 0. The van der Waals surface area contributed by atoms with Crippen molar-refractivity contribution < 1.29 is 18.9 Å². The van der Waals surface area contributed by atoms with E-state index in [0.717, 1.165) is 6.42 Å². The van der Waals surface area contributed by atoms with Gasteiger partial charge in [-0.3, -0.25) is 13.8 Å². The summed E-state index contributed by atoms with van der Waals surface area (Å²) in [5, 5.41) is 11.7. The third kappa shape index (κ3) is 4.46. The van der Waals surface area contributed by atoms with E-state index in [1.165, 1.54) is 0 Å². The molecule has 1 fully saturated rings. The Kier molecular flexibility index (Phi) is 5.61. The quantitative estimate of drug-likeness (QED) is 0.677. The summed E-state index contributed by atoms with van der Waals surface area (Å²) in [6, 6.07) is 0. The molecule has 1 aliphatic carbocycles. The second-order valence-electron chi connectivity index (χ2n) is 4.40. The lowest BCUT2D eigenvalue weighted by Gasteiger charge is -2.15. The van der Waals surface area contributed by atoms with Crippen LogP contribution in [0.1, 0.15) is 25.7 Å². The van der Waals surface area contributed by atoms with Crippen LogP contribution < -0.4 is 5.32 Å². The van der Waals surface area contributed by atoms with Crippen molar-refractivity contribution in [1.29, 1.82) is 0 Å². The van der Waals surface area contributed by atoms with Gasteiger partial charge in [-0.15, -0.1) is 0 Å². The van der Waals surface area contributed by atoms with Gasteiger partial charge in [0.25, 0.3) is 0 Å². The number of carbonyl (C=O) groups is 2. The number of carbonyl (C=O) groups excluding carboxylic acids is 1. The van der Waals surface area contributed by atoms with Crippen molar-refractivity contribution in [3.8, 4) is 0 Å². The van der Waals surface area contributed by atoms with Gasteiger partial charge >= 0.3 is 5.97 Å². The van der Waals surface area contributed by atoms with Gasteiger partial charge in [0.1, 0.15) is 0 Å². The van der Waals surface area contributed by atoms with Gasteiger partial charge in [-0.05, 0) is 19.3 Å². The van der Waals surface area contributed by atoms with Crippen LogP contribution in [0.3, 0.4) is 0 Å². The average molecular weight is 261 g/mol. The zero-order valence-corrected chi connectivity index (χ0v) is 10.8. The predicted octanol–water partition coefficient (Wildman–Crippen LogP) is 0.372. The smallest absolute Gasteiger partial charge is 0.307 e. The first-order valence-corrected chi connectivity index (χ1v) is 7.55. The van der Waals surface area contributed by atoms with E-state index in [4.69, 9.17) is 5.11 Å². The highest BCUT2D eigenvalue weighted by Crippen LogP contribution is 2.31. The highest BCUT2D eigenvalue weighted by Gasteiger charge is 2.37. The number of hydrogen-bond donors (Lipinski definition) is 2. The standard InChI is InChI=1S/C11H19NO4S/c1-17(16)7-3-6-12-10(13)8-4-2-5-9(8)11(14)15/h8-9H,2-7H2,1H3,(H,12,13)(H,14,15). The summed E-state index contributed by atoms with van der Waals surface area (Å²) >= 11 is 0. The van der Waals surface area contributed by atoms with E-state index in [1.54, 1.807) is 6.26 Å². The fourth-order valence-corrected chi connectivity index (χ4v) is 2.74. The Morgan fingerprint density at radius 2 is 2.00 bits per heavy atom. The number of aliphatic carboxylic acids is 1. The van der Waals surface area contributed by atoms with E-state index >= 15 is 0 Å². The minimum absolute atomic E-state index is 0.170. The summed E-state index contributed by atoms with van der Waals surface area (Å²) in [6.07, 6.45) is 4.33. The Bertz CT molecular complexity index is 319. The van der Waals surface area contributed by atoms with Gasteiger partial charge in [-0.1, -0.05) is 6.42 Å². The van der Waals surface area contributed by atoms with Crippen LogP contribution in [0, 0.1) is 11.8 Å². The predicted molar refractivity (Wildman–Crippen MR) is 65.0 cm³/mol. The van der Waals surface area contributed by atoms with Crippen LogP contribution in [0.5, 0.6) is 0 Å². The molecule has 0 aromatic rings. The lowest BCUT2D eigenvalue weighted by molar-refractivity contribution is -0.146. The molecule has 17 heavy (non-hydrogen) atoms. The van der Waals surface area contributed by atoms with Crippen LogP contribution in [0.15, 0.2) is 0 Å². The zero-order valence-electron chi connectivity index (χ0n) is 9.98. The zero-order chi connectivity index (χ0) is 12.8. The topological polar surface area (TPSA) is 83.5 Å². The van der Waals surface area contributed by atoms with Gasteiger partial charge in [-0.25, -0.2) is 0 Å². The summed E-state index contributed by atoms with van der Waals surface area (Å²) in [7, 11) is -0.842. The number of carboxylic acid groups (broad SMARTS) is 1. The van der Waals surface area contributed by atoms with E-state index < -0.39 is 22.7 Å². The lowest BCUT2D eigenvalue weighted by atomic mass is 9.95. The average Bonchev–Trinajstić information content (AvgIpc) is 2.72. The minimum Gasteiger partial charge on any atom is -0.481 e. The maximum absolute atomic E-state index is 11.8. The van der Waals surface area contributed by atoms with Gasteiger partial charge < -0.3 is 10.4 Å². The molecule has 1 rings (SSSR count). The van der Waals surface area contributed by atoms with Crippen molar-refractivity contribution >= 4 is 22.7 Å². The van der Waals surface area contributed by atoms with Crippen LogP contribution in [0.4, 0.5) is 0 Å². The molecule has 0 aromatic heterocycles. The van der Waals surface area contributed by atoms with Crippen LogP contribution in [0.25, 0.3) is 0 Å². The van der Waals surface area contributed by atoms with Crippen LogP contribution >= 0.6 is 0 Å². The molecule has 0 aromatic carbocycles. The molecule has 5 nitrogen and oxygen atoms in total. The molecule has 1 amide bonds. The van der Waals surface area contributed by atoms with E-state index in [-0.39, 0.29) is 11.8 Å². The van der Waals surface area contributed by atoms with Gasteiger partial charge in [0, 0.05) is 29.4 Å². The van der Waals surface area contributed by atoms with E-state index in [1.807, 2.05) is 0 Å². The summed E-state index contributed by atoms with van der Waals surface area (Å²) in [4.78, 5) is 22.7. The first-order chi connectivity index (χ1) is 8.02. The molecule has 0 bridgehead atoms. The molecule has 0 spiro atoms. The highest BCUT2D eigenvalue weighted by atomic mass is 32.2. The van der Waals surface area contributed by atoms with Gasteiger partial charge in [-0.2, -0.15) is 0 Å². The SMILES string of the molecule is CS(=O)CCCNC(=O)C1CCCC1C(=O)O. The number of nitrogens with one attached hydrogen (secondary N) is 1. The normalized spacial score (nSPS) is 25.5. The molecular formula is C11H19NO4S. The molecule has 0 radical (unpaired) electrons. The molecule has 98 valence electrons. The Morgan fingerprint density at radius 1 is 1.35 bits per heavy atom. The third-order valence-corrected chi connectivity index (χ3v) is 3.94. The molecule has 3 unspecified atom stereocenters. The summed E-state index contributed by atoms with van der Waals surface area (Å²) < 4.78 is 10.8. The molecule has 2 N–H and O–H groups in total. The molecule has 0 aliphatic heterocycles. The minimum atomic E-state index is -0.877. The Morgan fingerprint density at radius 3 is 2.59 bits per heavy atom. The molecule has 6 heteroatoms. The maximum atomic E-state index is 11.8. The largest absolute Gasteiger partial charge is 0.481 e. The molecular weight excluding hydrogens is 242 g/mol. The molecule has 0 saturated heterocycles. The van der Waals surface area contributed by atoms with E-state index in [0.29, 0.717) is 31.6 Å². The fraction of sp³-hybridized carbons (Fsp3) is 0.818. The Hall–Kier alpha value is -0.910. The Balaban J connectivity index is 2.32. The van der Waals surface area contributed by atoms with Crippen molar-refractivity contribution in [2.75, 3.05) is 18.6 Å². The first kappa shape index (κ1) is 14.2. The van der Waals surface area contributed by atoms with Crippen molar-refractivity contribution in [2.24, 2.45) is 11.8 Å². The van der Waals surface area contributed by atoms with Crippen LogP contribution in [0.2, 0.25) is 0 Å². The van der Waals surface area contributed by atoms with Crippen molar-refractivity contribution in [1.82, 2.24) is 5.32 Å². The summed E-state index contributed by atoms with van der Waals surface area (Å²) in [5.74, 6) is -1.41. The van der Waals surface area contributed by atoms with Gasteiger partial charge in [0.2, 0.25) is 5.91 Å².